The lowest BCUT2D eigenvalue weighted by Crippen LogP contribution is -2.24. The topological polar surface area (TPSA) is 126 Å². The van der Waals surface area contributed by atoms with Crippen molar-refractivity contribution in [3.63, 3.8) is 0 Å². The largest absolute Gasteiger partial charge is 0.484 e. The van der Waals surface area contributed by atoms with Crippen LogP contribution in [0.15, 0.2) is 66.2 Å². The van der Waals surface area contributed by atoms with E-state index in [9.17, 15) is 4.79 Å². The summed E-state index contributed by atoms with van der Waals surface area (Å²) in [6.45, 7) is -0.0633. The number of allylic oxidation sites excluding steroid dienone is 1. The summed E-state index contributed by atoms with van der Waals surface area (Å²) in [5, 5.41) is 15.3. The van der Waals surface area contributed by atoms with E-state index in [1.54, 1.807) is 24.5 Å². The van der Waals surface area contributed by atoms with Crippen molar-refractivity contribution < 1.29 is 9.53 Å². The number of likely N-dealkylation sites (N-methyl/N-ethyl adjacent to an activating group) is 1. The molecule has 33 heavy (non-hydrogen) atoms. The Morgan fingerprint density at radius 1 is 1.18 bits per heavy atom. The fraction of sp³-hybridized carbons (Fsp3) is 0.0833. The van der Waals surface area contributed by atoms with E-state index in [1.165, 1.54) is 12.4 Å². The van der Waals surface area contributed by atoms with Gasteiger partial charge in [-0.3, -0.25) is 4.79 Å². The molecule has 0 aliphatic heterocycles. The molecule has 0 radical (unpaired) electrons. The molecule has 4 aromatic rings. The van der Waals surface area contributed by atoms with Gasteiger partial charge >= 0.3 is 0 Å². The number of carbonyl (C=O) groups excluding carboxylic acids is 1. The molecule has 8 nitrogen and oxygen atoms in total. The molecule has 0 atom stereocenters. The highest BCUT2D eigenvalue weighted by Crippen LogP contribution is 2.32. The highest BCUT2D eigenvalue weighted by atomic mass is 32.1. The van der Waals surface area contributed by atoms with Crippen LogP contribution >= 0.6 is 11.3 Å². The lowest BCUT2D eigenvalue weighted by molar-refractivity contribution is -0.122. The molecule has 5 N–H and O–H groups in total. The van der Waals surface area contributed by atoms with E-state index < -0.39 is 0 Å². The monoisotopic (exact) mass is 458 g/mol. The van der Waals surface area contributed by atoms with Crippen LogP contribution < -0.4 is 21.1 Å². The Morgan fingerprint density at radius 3 is 2.73 bits per heavy atom. The molecule has 0 saturated heterocycles. The molecule has 166 valence electrons. The zero-order valence-electron chi connectivity index (χ0n) is 17.8. The molecule has 4 rings (SSSR count). The maximum absolute atomic E-state index is 11.5. The molecule has 2 aromatic heterocycles. The van der Waals surface area contributed by atoms with Crippen molar-refractivity contribution in [1.82, 2.24) is 15.3 Å². The fourth-order valence-corrected chi connectivity index (χ4v) is 3.91. The SMILES string of the molecule is CNC(=O)COc1cccc(-c2nc(Nc3ccc(/C(C=N)=C/N)cc3)c3sccc3n2)c1. The lowest BCUT2D eigenvalue weighted by atomic mass is 10.1. The Kier molecular flexibility index (Phi) is 6.61. The number of nitrogens with zero attached hydrogens (tertiary/aromatic N) is 2. The Labute approximate surface area is 194 Å². The Balaban J connectivity index is 1.64. The molecular formula is C24H22N6O2S. The number of thiophene rings is 1. The van der Waals surface area contributed by atoms with Crippen LogP contribution in [0.5, 0.6) is 5.75 Å². The van der Waals surface area contributed by atoms with E-state index in [1.807, 2.05) is 53.9 Å². The van der Waals surface area contributed by atoms with Crippen molar-refractivity contribution in [3.05, 3.63) is 71.7 Å². The maximum atomic E-state index is 11.5. The maximum Gasteiger partial charge on any atom is 0.257 e. The molecule has 2 heterocycles. The van der Waals surface area contributed by atoms with Crippen molar-refractivity contribution >= 4 is 50.8 Å². The fourth-order valence-electron chi connectivity index (χ4n) is 3.13. The predicted molar refractivity (Wildman–Crippen MR) is 133 cm³/mol. The van der Waals surface area contributed by atoms with Crippen LogP contribution in [-0.4, -0.2) is 35.7 Å². The Bertz CT molecular complexity index is 1330. The summed E-state index contributed by atoms with van der Waals surface area (Å²) < 4.78 is 6.50. The van der Waals surface area contributed by atoms with Crippen LogP contribution in [0.1, 0.15) is 5.56 Å². The third-order valence-electron chi connectivity index (χ3n) is 4.86. The molecule has 2 aromatic carbocycles. The van der Waals surface area contributed by atoms with Crippen LogP contribution in [0, 0.1) is 5.41 Å². The third-order valence-corrected chi connectivity index (χ3v) is 5.77. The number of rotatable bonds is 8. The van der Waals surface area contributed by atoms with Gasteiger partial charge in [-0.2, -0.15) is 0 Å². The number of benzene rings is 2. The van der Waals surface area contributed by atoms with Gasteiger partial charge in [0.05, 0.1) is 10.2 Å². The molecule has 0 saturated carbocycles. The van der Waals surface area contributed by atoms with Gasteiger partial charge in [0.2, 0.25) is 0 Å². The van der Waals surface area contributed by atoms with Crippen LogP contribution in [-0.2, 0) is 4.79 Å². The summed E-state index contributed by atoms with van der Waals surface area (Å²) in [7, 11) is 1.57. The predicted octanol–water partition coefficient (Wildman–Crippen LogP) is 4.18. The van der Waals surface area contributed by atoms with E-state index in [4.69, 9.17) is 25.8 Å². The van der Waals surface area contributed by atoms with Gasteiger partial charge < -0.3 is 26.5 Å². The van der Waals surface area contributed by atoms with Crippen molar-refractivity contribution in [1.29, 1.82) is 5.41 Å². The number of nitrogens with two attached hydrogens (primary N) is 1. The minimum absolute atomic E-state index is 0.0633. The van der Waals surface area contributed by atoms with E-state index >= 15 is 0 Å². The molecule has 0 unspecified atom stereocenters. The first-order valence-electron chi connectivity index (χ1n) is 10.1. The van der Waals surface area contributed by atoms with Crippen LogP contribution in [0.2, 0.25) is 0 Å². The molecule has 0 fully saturated rings. The zero-order chi connectivity index (χ0) is 23.2. The minimum atomic E-state index is -0.205. The smallest absolute Gasteiger partial charge is 0.257 e. The number of hydrogen-bond donors (Lipinski definition) is 4. The van der Waals surface area contributed by atoms with Crippen molar-refractivity contribution in [3.8, 4) is 17.1 Å². The quantitative estimate of drug-likeness (QED) is 0.294. The zero-order valence-corrected chi connectivity index (χ0v) is 18.6. The number of carbonyl (C=O) groups is 1. The number of ether oxygens (including phenoxy) is 1. The van der Waals surface area contributed by atoms with Crippen LogP contribution in [0.25, 0.3) is 27.2 Å². The summed E-state index contributed by atoms with van der Waals surface area (Å²) in [5.74, 6) is 1.59. The van der Waals surface area contributed by atoms with Gasteiger partial charge in [-0.25, -0.2) is 9.97 Å². The number of anilines is 2. The normalized spacial score (nSPS) is 11.2. The number of fused-ring (bicyclic) bond motifs is 1. The van der Waals surface area contributed by atoms with Crippen molar-refractivity contribution in [2.45, 2.75) is 0 Å². The lowest BCUT2D eigenvalue weighted by Gasteiger charge is -2.11. The first-order chi connectivity index (χ1) is 16.1. The van der Waals surface area contributed by atoms with Crippen LogP contribution in [0.3, 0.4) is 0 Å². The van der Waals surface area contributed by atoms with E-state index in [0.29, 0.717) is 23.0 Å². The van der Waals surface area contributed by atoms with E-state index in [0.717, 1.165) is 27.0 Å². The summed E-state index contributed by atoms with van der Waals surface area (Å²) in [6, 6.07) is 16.9. The van der Waals surface area contributed by atoms with Gasteiger partial charge in [0, 0.05) is 36.3 Å². The number of aromatic nitrogens is 2. The molecule has 0 spiro atoms. The van der Waals surface area contributed by atoms with Gasteiger partial charge in [0.25, 0.3) is 5.91 Å². The average molecular weight is 459 g/mol. The second-order valence-corrected chi connectivity index (χ2v) is 7.91. The van der Waals surface area contributed by atoms with Gasteiger partial charge in [-0.1, -0.05) is 24.3 Å². The second-order valence-electron chi connectivity index (χ2n) is 6.99. The molecular weight excluding hydrogens is 436 g/mol. The third kappa shape index (κ3) is 4.99. The van der Waals surface area contributed by atoms with E-state index in [2.05, 4.69) is 10.6 Å². The molecule has 0 bridgehead atoms. The summed E-state index contributed by atoms with van der Waals surface area (Å²) in [6.07, 6.45) is 2.63. The molecule has 9 heteroatoms. The average Bonchev–Trinajstić information content (AvgIpc) is 3.33. The Hall–Kier alpha value is -4.24. The Morgan fingerprint density at radius 2 is 2.00 bits per heavy atom. The van der Waals surface area contributed by atoms with Gasteiger partial charge in [0.15, 0.2) is 18.2 Å². The first-order valence-corrected chi connectivity index (χ1v) is 11.0. The van der Waals surface area contributed by atoms with Gasteiger partial charge in [0.1, 0.15) is 5.75 Å². The van der Waals surface area contributed by atoms with Crippen molar-refractivity contribution in [2.24, 2.45) is 5.73 Å². The number of hydrogen-bond acceptors (Lipinski definition) is 8. The molecule has 1 amide bonds. The number of amides is 1. The highest BCUT2D eigenvalue weighted by molar-refractivity contribution is 7.17. The van der Waals surface area contributed by atoms with E-state index in [-0.39, 0.29) is 12.5 Å². The number of nitrogens with one attached hydrogen (secondary N) is 3. The minimum Gasteiger partial charge on any atom is -0.484 e. The molecule has 0 aliphatic carbocycles. The summed E-state index contributed by atoms with van der Waals surface area (Å²) in [4.78, 5) is 20.9. The summed E-state index contributed by atoms with van der Waals surface area (Å²) in [5.41, 5.74) is 9.54. The first kappa shape index (κ1) is 22.0. The highest BCUT2D eigenvalue weighted by Gasteiger charge is 2.12. The molecule has 0 aliphatic rings. The van der Waals surface area contributed by atoms with Crippen LogP contribution in [0.4, 0.5) is 11.5 Å². The standard InChI is InChI=1S/C24H22N6O2S/c1-27-21(31)14-32-19-4-2-3-16(11-19)23-29-20-9-10-33-22(20)24(30-23)28-18-7-5-15(6-8-18)17(12-25)13-26/h2-13,25H,14,26H2,1H3,(H,27,31)(H,28,29,30)/b17-13+,25-12?. The van der Waals surface area contributed by atoms with Gasteiger partial charge in [-0.05, 0) is 41.3 Å². The second kappa shape index (κ2) is 9.92. The summed E-state index contributed by atoms with van der Waals surface area (Å²) >= 11 is 1.56. The van der Waals surface area contributed by atoms with Crippen molar-refractivity contribution in [2.75, 3.05) is 19.0 Å². The van der Waals surface area contributed by atoms with Gasteiger partial charge in [-0.15, -0.1) is 11.3 Å².